The molecule has 2 amide bonds. The van der Waals surface area contributed by atoms with Crippen molar-refractivity contribution in [2.45, 2.75) is 25.3 Å². The van der Waals surface area contributed by atoms with Crippen molar-refractivity contribution in [3.63, 3.8) is 0 Å². The van der Waals surface area contributed by atoms with E-state index in [1.165, 1.54) is 10.5 Å². The van der Waals surface area contributed by atoms with Crippen LogP contribution >= 0.6 is 0 Å². The lowest BCUT2D eigenvalue weighted by Gasteiger charge is -2.28. The fraction of sp³-hybridized carbons (Fsp3) is 0.400. The quantitative estimate of drug-likeness (QED) is 0.816. The number of hydrogen-bond acceptors (Lipinski definition) is 3. The van der Waals surface area contributed by atoms with E-state index in [1.807, 2.05) is 12.1 Å². The molecule has 3 fully saturated rings. The molecule has 2 bridgehead atoms. The largest absolute Gasteiger partial charge is 0.467 e. The molecule has 1 saturated heterocycles. The van der Waals surface area contributed by atoms with E-state index in [0.29, 0.717) is 23.5 Å². The van der Waals surface area contributed by atoms with Gasteiger partial charge in [-0.15, -0.1) is 0 Å². The number of nitrogens with zero attached hydrogens (tertiary/aromatic N) is 1. The molecule has 0 N–H and O–H groups in total. The van der Waals surface area contributed by atoms with E-state index in [1.54, 1.807) is 12.3 Å². The van der Waals surface area contributed by atoms with Gasteiger partial charge in [0.1, 0.15) is 5.76 Å². The molecule has 1 aromatic carbocycles. The predicted molar refractivity (Wildman–Crippen MR) is 86.6 cm³/mol. The summed E-state index contributed by atoms with van der Waals surface area (Å²) in [6.07, 6.45) is 3.63. The zero-order chi connectivity index (χ0) is 16.3. The molecule has 5 rings (SSSR count). The minimum absolute atomic E-state index is 0.00883. The summed E-state index contributed by atoms with van der Waals surface area (Å²) in [5.74, 6) is 1.54. The van der Waals surface area contributed by atoms with Crippen LogP contribution in [0.25, 0.3) is 0 Å². The summed E-state index contributed by atoms with van der Waals surface area (Å²) in [6.45, 7) is 0.271. The van der Waals surface area contributed by atoms with E-state index in [0.717, 1.165) is 12.8 Å². The highest BCUT2D eigenvalue weighted by Crippen LogP contribution is 2.61. The van der Waals surface area contributed by atoms with Gasteiger partial charge in [-0.3, -0.25) is 14.5 Å². The van der Waals surface area contributed by atoms with Crippen LogP contribution in [0.4, 0.5) is 0 Å². The van der Waals surface area contributed by atoms with Crippen LogP contribution in [0.1, 0.15) is 30.1 Å². The lowest BCUT2D eigenvalue weighted by molar-refractivity contribution is -0.141. The van der Waals surface area contributed by atoms with Gasteiger partial charge in [-0.1, -0.05) is 30.3 Å². The Hall–Kier alpha value is -2.36. The minimum atomic E-state index is -0.128. The van der Waals surface area contributed by atoms with Crippen molar-refractivity contribution in [3.8, 4) is 0 Å². The van der Waals surface area contributed by atoms with E-state index in [4.69, 9.17) is 4.42 Å². The highest BCUT2D eigenvalue weighted by Gasteiger charge is 2.63. The Morgan fingerprint density at radius 1 is 0.958 bits per heavy atom. The molecule has 122 valence electrons. The first-order chi connectivity index (χ1) is 11.7. The monoisotopic (exact) mass is 321 g/mol. The maximum absolute atomic E-state index is 13.0. The first-order valence-electron chi connectivity index (χ1n) is 8.66. The van der Waals surface area contributed by atoms with Crippen LogP contribution in [0, 0.1) is 23.7 Å². The summed E-state index contributed by atoms with van der Waals surface area (Å²) in [5, 5.41) is 0. The zero-order valence-corrected chi connectivity index (χ0v) is 13.3. The molecule has 2 aliphatic carbocycles. The number of hydrogen-bond donors (Lipinski definition) is 0. The SMILES string of the molecule is O=C1[C@@H]2[C@H]3C[C@H]([C@H]2C(=O)N1Cc1ccco1)[C@@H](c1ccccc1)C3. The normalized spacial score (nSPS) is 34.2. The van der Waals surface area contributed by atoms with E-state index in [9.17, 15) is 9.59 Å². The molecule has 1 aliphatic heterocycles. The van der Waals surface area contributed by atoms with E-state index < -0.39 is 0 Å². The number of imide groups is 1. The average Bonchev–Trinajstić information content (AvgIpc) is 3.37. The maximum Gasteiger partial charge on any atom is 0.233 e. The number of furan rings is 1. The third-order valence-corrected chi connectivity index (χ3v) is 6.23. The number of fused-ring (bicyclic) bond motifs is 5. The van der Waals surface area contributed by atoms with Gasteiger partial charge in [0.2, 0.25) is 11.8 Å². The smallest absolute Gasteiger partial charge is 0.233 e. The van der Waals surface area contributed by atoms with Crippen molar-refractivity contribution in [1.29, 1.82) is 0 Å². The first kappa shape index (κ1) is 14.0. The van der Waals surface area contributed by atoms with Gasteiger partial charge in [0.25, 0.3) is 0 Å². The van der Waals surface area contributed by atoms with Gasteiger partial charge in [-0.2, -0.15) is 0 Å². The van der Waals surface area contributed by atoms with Crippen LogP contribution < -0.4 is 0 Å². The van der Waals surface area contributed by atoms with E-state index >= 15 is 0 Å². The number of carbonyl (C=O) groups is 2. The molecule has 4 nitrogen and oxygen atoms in total. The molecule has 24 heavy (non-hydrogen) atoms. The third-order valence-electron chi connectivity index (χ3n) is 6.23. The van der Waals surface area contributed by atoms with Gasteiger partial charge in [-0.25, -0.2) is 0 Å². The number of amides is 2. The lowest BCUT2D eigenvalue weighted by Crippen LogP contribution is -2.32. The maximum atomic E-state index is 13.0. The van der Waals surface area contributed by atoms with Crippen molar-refractivity contribution in [1.82, 2.24) is 4.90 Å². The molecule has 0 unspecified atom stereocenters. The second-order valence-electron chi connectivity index (χ2n) is 7.31. The number of rotatable bonds is 3. The second-order valence-corrected chi connectivity index (χ2v) is 7.31. The highest BCUT2D eigenvalue weighted by molar-refractivity contribution is 6.06. The van der Waals surface area contributed by atoms with Crippen molar-refractivity contribution in [2.75, 3.05) is 0 Å². The lowest BCUT2D eigenvalue weighted by atomic mass is 9.73. The summed E-state index contributed by atoms with van der Waals surface area (Å²) in [6, 6.07) is 14.1. The van der Waals surface area contributed by atoms with Crippen LogP contribution in [0.15, 0.2) is 53.1 Å². The molecule has 0 spiro atoms. The van der Waals surface area contributed by atoms with Crippen LogP contribution in [0.2, 0.25) is 0 Å². The van der Waals surface area contributed by atoms with Gasteiger partial charge < -0.3 is 4.42 Å². The average molecular weight is 321 g/mol. The van der Waals surface area contributed by atoms with Crippen LogP contribution in [-0.2, 0) is 16.1 Å². The summed E-state index contributed by atoms with van der Waals surface area (Å²) in [7, 11) is 0. The number of benzene rings is 1. The van der Waals surface area contributed by atoms with Crippen LogP contribution in [0.5, 0.6) is 0 Å². The Morgan fingerprint density at radius 3 is 2.50 bits per heavy atom. The fourth-order valence-electron chi connectivity index (χ4n) is 5.32. The predicted octanol–water partition coefficient (Wildman–Crippen LogP) is 3.20. The summed E-state index contributed by atoms with van der Waals surface area (Å²) in [5.41, 5.74) is 1.31. The Balaban J connectivity index is 1.43. The highest BCUT2D eigenvalue weighted by atomic mass is 16.3. The van der Waals surface area contributed by atoms with Crippen molar-refractivity contribution in [2.24, 2.45) is 23.7 Å². The molecule has 2 heterocycles. The second kappa shape index (κ2) is 5.07. The molecular weight excluding hydrogens is 302 g/mol. The van der Waals surface area contributed by atoms with E-state index in [-0.39, 0.29) is 30.2 Å². The Morgan fingerprint density at radius 2 is 1.75 bits per heavy atom. The fourth-order valence-corrected chi connectivity index (χ4v) is 5.32. The molecular formula is C20H19NO3. The third kappa shape index (κ3) is 1.86. The standard InChI is InChI=1S/C20H19NO3/c22-19-17-13-9-15(12-5-2-1-3-6-12)16(10-13)18(17)20(23)21(19)11-14-7-4-8-24-14/h1-8,13,15-18H,9-11H2/t13-,15-,16+,17-,18-/m1/s1. The van der Waals surface area contributed by atoms with E-state index in [2.05, 4.69) is 24.3 Å². The molecule has 4 heteroatoms. The topological polar surface area (TPSA) is 50.5 Å². The van der Waals surface area contributed by atoms with Crippen molar-refractivity contribution in [3.05, 3.63) is 60.1 Å². The Bertz CT molecular complexity index is 782. The van der Waals surface area contributed by atoms with Crippen molar-refractivity contribution < 1.29 is 14.0 Å². The molecule has 5 atom stereocenters. The molecule has 1 aromatic heterocycles. The number of likely N-dealkylation sites (tertiary alicyclic amines) is 1. The molecule has 2 aromatic rings. The molecule has 3 aliphatic rings. The van der Waals surface area contributed by atoms with Crippen molar-refractivity contribution >= 4 is 11.8 Å². The Kier molecular flexibility index (Phi) is 2.96. The van der Waals surface area contributed by atoms with Gasteiger partial charge in [0, 0.05) is 0 Å². The molecule has 0 radical (unpaired) electrons. The van der Waals surface area contributed by atoms with Gasteiger partial charge in [0.05, 0.1) is 24.6 Å². The van der Waals surface area contributed by atoms with Crippen LogP contribution in [-0.4, -0.2) is 16.7 Å². The van der Waals surface area contributed by atoms with Gasteiger partial charge >= 0.3 is 0 Å². The summed E-state index contributed by atoms with van der Waals surface area (Å²) in [4.78, 5) is 27.2. The minimum Gasteiger partial charge on any atom is -0.467 e. The first-order valence-corrected chi connectivity index (χ1v) is 8.66. The summed E-state index contributed by atoms with van der Waals surface area (Å²) < 4.78 is 5.33. The molecule has 2 saturated carbocycles. The zero-order valence-electron chi connectivity index (χ0n) is 13.3. The Labute approximate surface area is 140 Å². The van der Waals surface area contributed by atoms with Crippen LogP contribution in [0.3, 0.4) is 0 Å². The van der Waals surface area contributed by atoms with Gasteiger partial charge in [-0.05, 0) is 48.3 Å². The number of carbonyl (C=O) groups excluding carboxylic acids is 2. The van der Waals surface area contributed by atoms with Gasteiger partial charge in [0.15, 0.2) is 0 Å². The summed E-state index contributed by atoms with van der Waals surface area (Å²) >= 11 is 0.